The van der Waals surface area contributed by atoms with Gasteiger partial charge in [0.05, 0.1) is 5.75 Å². The number of hydrogen-bond acceptors (Lipinski definition) is 4. The predicted molar refractivity (Wildman–Crippen MR) is 70.0 cm³/mol. The Balaban J connectivity index is 2.53. The molecule has 0 radical (unpaired) electrons. The molecule has 3 amide bonds. The minimum absolute atomic E-state index is 0.0368. The van der Waals surface area contributed by atoms with E-state index in [0.29, 0.717) is 25.9 Å². The molecular formula is C11H19N3O3S. The molecule has 7 heteroatoms. The lowest BCUT2D eigenvalue weighted by Gasteiger charge is -2.24. The lowest BCUT2D eigenvalue weighted by atomic mass is 10.1. The molecular weight excluding hydrogens is 254 g/mol. The average Bonchev–Trinajstić information content (AvgIpc) is 2.68. The van der Waals surface area contributed by atoms with Gasteiger partial charge in [-0.05, 0) is 6.42 Å². The molecule has 0 aromatic rings. The quantitative estimate of drug-likeness (QED) is 0.550. The summed E-state index contributed by atoms with van der Waals surface area (Å²) in [6, 6.07) is -0.539. The van der Waals surface area contributed by atoms with Crippen LogP contribution in [-0.4, -0.2) is 47.5 Å². The highest BCUT2D eigenvalue weighted by atomic mass is 32.1. The molecule has 2 atom stereocenters. The lowest BCUT2D eigenvalue weighted by molar-refractivity contribution is -0.136. The van der Waals surface area contributed by atoms with Crippen LogP contribution in [0.3, 0.4) is 0 Å². The van der Waals surface area contributed by atoms with E-state index in [1.165, 1.54) is 4.90 Å². The molecule has 6 nitrogen and oxygen atoms in total. The van der Waals surface area contributed by atoms with Crippen molar-refractivity contribution in [3.8, 4) is 0 Å². The first kappa shape index (κ1) is 14.8. The number of amides is 3. The highest BCUT2D eigenvalue weighted by Gasteiger charge is 2.35. The van der Waals surface area contributed by atoms with Crippen molar-refractivity contribution in [2.45, 2.75) is 25.8 Å². The van der Waals surface area contributed by atoms with E-state index in [1.54, 1.807) is 0 Å². The maximum absolute atomic E-state index is 11.8. The van der Waals surface area contributed by atoms with Crippen LogP contribution in [-0.2, 0) is 14.4 Å². The van der Waals surface area contributed by atoms with Gasteiger partial charge in [0.1, 0.15) is 6.04 Å². The van der Waals surface area contributed by atoms with E-state index in [1.807, 2.05) is 6.92 Å². The van der Waals surface area contributed by atoms with Crippen molar-refractivity contribution in [2.24, 2.45) is 11.7 Å². The molecule has 18 heavy (non-hydrogen) atoms. The van der Waals surface area contributed by atoms with Crippen molar-refractivity contribution < 1.29 is 14.4 Å². The fourth-order valence-electron chi connectivity index (χ4n) is 2.14. The fraction of sp³-hybridized carbons (Fsp3) is 0.727. The van der Waals surface area contributed by atoms with Gasteiger partial charge in [-0.1, -0.05) is 6.92 Å². The molecule has 1 rings (SSSR count). The van der Waals surface area contributed by atoms with Gasteiger partial charge in [-0.15, -0.1) is 0 Å². The number of hydrogen-bond donors (Lipinski definition) is 3. The Kier molecular flexibility index (Phi) is 5.46. The Morgan fingerprint density at radius 3 is 2.78 bits per heavy atom. The number of primary amides is 1. The minimum Gasteiger partial charge on any atom is -0.368 e. The van der Waals surface area contributed by atoms with Crippen molar-refractivity contribution >= 4 is 30.4 Å². The van der Waals surface area contributed by atoms with E-state index in [2.05, 4.69) is 17.9 Å². The molecule has 1 fully saturated rings. The maximum Gasteiger partial charge on any atom is 0.240 e. The molecule has 1 saturated heterocycles. The van der Waals surface area contributed by atoms with Crippen LogP contribution in [0.4, 0.5) is 0 Å². The van der Waals surface area contributed by atoms with Crippen molar-refractivity contribution in [3.05, 3.63) is 0 Å². The first-order valence-electron chi connectivity index (χ1n) is 5.95. The summed E-state index contributed by atoms with van der Waals surface area (Å²) in [5.74, 6) is -0.555. The summed E-state index contributed by atoms with van der Waals surface area (Å²) in [5.41, 5.74) is 5.27. The number of nitrogens with zero attached hydrogens (tertiary/aromatic N) is 1. The van der Waals surface area contributed by atoms with Crippen LogP contribution in [0.2, 0.25) is 0 Å². The molecule has 3 N–H and O–H groups in total. The van der Waals surface area contributed by atoms with Gasteiger partial charge < -0.3 is 16.0 Å². The third kappa shape index (κ3) is 3.63. The first-order chi connectivity index (χ1) is 8.49. The van der Waals surface area contributed by atoms with Crippen LogP contribution < -0.4 is 11.1 Å². The van der Waals surface area contributed by atoms with Crippen molar-refractivity contribution in [2.75, 3.05) is 18.8 Å². The molecule has 1 aliphatic heterocycles. The Morgan fingerprint density at radius 2 is 2.28 bits per heavy atom. The largest absolute Gasteiger partial charge is 0.368 e. The smallest absolute Gasteiger partial charge is 0.240 e. The molecule has 0 bridgehead atoms. The Hall–Kier alpha value is -1.24. The number of carbonyl (C=O) groups is 3. The number of nitrogens with two attached hydrogens (primary N) is 1. The summed E-state index contributed by atoms with van der Waals surface area (Å²) in [6.45, 7) is 2.71. The Bertz CT molecular complexity index is 348. The molecule has 1 heterocycles. The summed E-state index contributed by atoms with van der Waals surface area (Å²) in [4.78, 5) is 35.6. The van der Waals surface area contributed by atoms with E-state index in [0.717, 1.165) is 0 Å². The number of nitrogens with one attached hydrogen (secondary N) is 1. The normalized spacial score (nSPS) is 20.9. The molecule has 1 aliphatic rings. The van der Waals surface area contributed by atoms with Crippen LogP contribution in [0.15, 0.2) is 0 Å². The average molecular weight is 273 g/mol. The summed E-state index contributed by atoms with van der Waals surface area (Å²) >= 11 is 3.85. The number of rotatable bonds is 6. The zero-order valence-corrected chi connectivity index (χ0v) is 11.3. The van der Waals surface area contributed by atoms with Crippen LogP contribution in [0, 0.1) is 5.92 Å². The van der Waals surface area contributed by atoms with Gasteiger partial charge in [0, 0.05) is 25.4 Å². The topological polar surface area (TPSA) is 92.5 Å². The van der Waals surface area contributed by atoms with E-state index in [4.69, 9.17) is 5.73 Å². The number of carbonyl (C=O) groups excluding carboxylic acids is 3. The summed E-state index contributed by atoms with van der Waals surface area (Å²) in [5, 5.41) is 2.69. The molecule has 0 aliphatic carbocycles. The minimum atomic E-state index is -0.539. The molecule has 102 valence electrons. The highest BCUT2D eigenvalue weighted by molar-refractivity contribution is 7.81. The molecule has 0 aromatic heterocycles. The monoisotopic (exact) mass is 273 g/mol. The fourth-order valence-corrected chi connectivity index (χ4v) is 2.25. The van der Waals surface area contributed by atoms with Crippen LogP contribution in [0.25, 0.3) is 0 Å². The van der Waals surface area contributed by atoms with Crippen LogP contribution >= 0.6 is 12.6 Å². The second kappa shape index (κ2) is 6.63. The Morgan fingerprint density at radius 1 is 1.61 bits per heavy atom. The van der Waals surface area contributed by atoms with Crippen LogP contribution in [0.1, 0.15) is 19.8 Å². The van der Waals surface area contributed by atoms with Gasteiger partial charge in [-0.2, -0.15) is 12.6 Å². The second-order valence-corrected chi connectivity index (χ2v) is 4.72. The van der Waals surface area contributed by atoms with Gasteiger partial charge in [-0.3, -0.25) is 14.4 Å². The van der Waals surface area contributed by atoms with Gasteiger partial charge >= 0.3 is 0 Å². The second-order valence-electron chi connectivity index (χ2n) is 4.40. The third-order valence-electron chi connectivity index (χ3n) is 3.06. The van der Waals surface area contributed by atoms with E-state index in [9.17, 15) is 14.4 Å². The number of likely N-dealkylation sites (tertiary alicyclic amines) is 1. The van der Waals surface area contributed by atoms with Gasteiger partial charge in [0.25, 0.3) is 0 Å². The maximum atomic E-state index is 11.8. The van der Waals surface area contributed by atoms with Crippen molar-refractivity contribution in [3.63, 3.8) is 0 Å². The molecule has 1 unspecified atom stereocenters. The molecule has 0 aromatic carbocycles. The van der Waals surface area contributed by atoms with Gasteiger partial charge in [0.2, 0.25) is 17.7 Å². The molecule has 0 spiro atoms. The Labute approximate surface area is 112 Å². The van der Waals surface area contributed by atoms with Gasteiger partial charge in [-0.25, -0.2) is 0 Å². The zero-order valence-electron chi connectivity index (χ0n) is 10.4. The van der Waals surface area contributed by atoms with Crippen molar-refractivity contribution in [1.29, 1.82) is 0 Å². The number of thiol groups is 1. The zero-order chi connectivity index (χ0) is 13.7. The van der Waals surface area contributed by atoms with Crippen molar-refractivity contribution in [1.82, 2.24) is 10.2 Å². The summed E-state index contributed by atoms with van der Waals surface area (Å²) in [6.07, 6.45) is 0.855. The highest BCUT2D eigenvalue weighted by Crippen LogP contribution is 2.20. The lowest BCUT2D eigenvalue weighted by Crippen LogP contribution is -2.45. The SMILES string of the molecule is CC[C@H](C(N)=O)N1CC(CNC(=O)CS)CC1=O. The summed E-state index contributed by atoms with van der Waals surface area (Å²) < 4.78 is 0. The van der Waals surface area contributed by atoms with E-state index >= 15 is 0 Å². The molecule has 0 saturated carbocycles. The van der Waals surface area contributed by atoms with E-state index < -0.39 is 11.9 Å². The standard InChI is InChI=1S/C11H19N3O3S/c1-2-8(11(12)17)14-5-7(3-10(14)16)4-13-9(15)6-18/h7-8,18H,2-6H2,1H3,(H2,12,17)(H,13,15)/t7?,8-/m1/s1. The third-order valence-corrected chi connectivity index (χ3v) is 3.35. The van der Waals surface area contributed by atoms with Crippen LogP contribution in [0.5, 0.6) is 0 Å². The predicted octanol–water partition coefficient (Wildman–Crippen LogP) is -0.855. The summed E-state index contributed by atoms with van der Waals surface area (Å²) in [7, 11) is 0. The van der Waals surface area contributed by atoms with Gasteiger partial charge in [0.15, 0.2) is 0 Å². The first-order valence-corrected chi connectivity index (χ1v) is 6.59. The van der Waals surface area contributed by atoms with E-state index in [-0.39, 0.29) is 23.5 Å².